The van der Waals surface area contributed by atoms with E-state index >= 15 is 0 Å². The zero-order chi connectivity index (χ0) is 22.1. The van der Waals surface area contributed by atoms with Gasteiger partial charge in [0.25, 0.3) is 5.91 Å². The predicted molar refractivity (Wildman–Crippen MR) is 125 cm³/mol. The molecule has 0 atom stereocenters. The van der Waals surface area contributed by atoms with Crippen molar-refractivity contribution in [3.63, 3.8) is 0 Å². The Hall–Kier alpha value is -3.41. The van der Waals surface area contributed by atoms with Gasteiger partial charge in [-0.05, 0) is 74.9 Å². The van der Waals surface area contributed by atoms with Gasteiger partial charge in [-0.3, -0.25) is 4.79 Å². The van der Waals surface area contributed by atoms with E-state index < -0.39 is 0 Å². The van der Waals surface area contributed by atoms with Crippen molar-refractivity contribution in [1.29, 1.82) is 0 Å². The minimum Gasteiger partial charge on any atom is -0.494 e. The molecule has 1 aromatic heterocycles. The first-order valence-corrected chi connectivity index (χ1v) is 10.8. The molecular weight excluding hydrogens is 388 g/mol. The van der Waals surface area contributed by atoms with Gasteiger partial charge in [-0.2, -0.15) is 0 Å². The third-order valence-electron chi connectivity index (χ3n) is 4.76. The molecule has 0 fully saturated rings. The van der Waals surface area contributed by atoms with Gasteiger partial charge in [-0.25, -0.2) is 9.97 Å². The molecule has 3 rings (SSSR count). The Morgan fingerprint density at radius 3 is 2.16 bits per heavy atom. The fourth-order valence-corrected chi connectivity index (χ4v) is 3.17. The molecule has 31 heavy (non-hydrogen) atoms. The molecule has 0 spiro atoms. The molecule has 0 bridgehead atoms. The zero-order valence-corrected chi connectivity index (χ0v) is 18.4. The van der Waals surface area contributed by atoms with Crippen LogP contribution in [0.15, 0.2) is 54.6 Å². The van der Waals surface area contributed by atoms with Crippen molar-refractivity contribution < 1.29 is 9.53 Å². The molecule has 6 heteroatoms. The van der Waals surface area contributed by atoms with Gasteiger partial charge < -0.3 is 15.4 Å². The molecule has 0 radical (unpaired) electrons. The van der Waals surface area contributed by atoms with Crippen LogP contribution in [-0.4, -0.2) is 22.5 Å². The maximum Gasteiger partial charge on any atom is 0.255 e. The summed E-state index contributed by atoms with van der Waals surface area (Å²) in [6, 6.07) is 16.6. The highest BCUT2D eigenvalue weighted by Gasteiger charge is 2.07. The molecule has 0 aliphatic heterocycles. The first-order valence-electron chi connectivity index (χ1n) is 10.8. The summed E-state index contributed by atoms with van der Waals surface area (Å²) in [7, 11) is 0. The average Bonchev–Trinajstić information content (AvgIpc) is 2.75. The Balaban J connectivity index is 1.52. The number of hydrogen-bond donors (Lipinski definition) is 2. The number of carbonyl (C=O) groups excluding carboxylic acids is 1. The smallest absolute Gasteiger partial charge is 0.255 e. The summed E-state index contributed by atoms with van der Waals surface area (Å²) < 4.78 is 5.73. The summed E-state index contributed by atoms with van der Waals surface area (Å²) in [6.45, 7) is 6.77. The molecule has 0 saturated carbocycles. The number of nitrogens with one attached hydrogen (secondary N) is 2. The highest BCUT2D eigenvalue weighted by molar-refractivity contribution is 6.04. The minimum atomic E-state index is -0.159. The van der Waals surface area contributed by atoms with E-state index in [1.54, 1.807) is 12.1 Å². The second-order valence-electron chi connectivity index (χ2n) is 7.56. The van der Waals surface area contributed by atoms with Crippen LogP contribution in [-0.2, 0) is 0 Å². The van der Waals surface area contributed by atoms with Crippen molar-refractivity contribution in [1.82, 2.24) is 9.97 Å². The first kappa shape index (κ1) is 22.3. The van der Waals surface area contributed by atoms with E-state index in [4.69, 9.17) is 4.74 Å². The van der Waals surface area contributed by atoms with E-state index in [-0.39, 0.29) is 5.91 Å². The fraction of sp³-hybridized carbons (Fsp3) is 0.320. The zero-order valence-electron chi connectivity index (χ0n) is 18.4. The van der Waals surface area contributed by atoms with E-state index in [0.717, 1.165) is 29.2 Å². The van der Waals surface area contributed by atoms with Crippen LogP contribution < -0.4 is 15.4 Å². The molecule has 3 aromatic rings. The number of benzene rings is 2. The van der Waals surface area contributed by atoms with E-state index in [0.29, 0.717) is 23.8 Å². The molecule has 0 saturated heterocycles. The molecule has 162 valence electrons. The van der Waals surface area contributed by atoms with Gasteiger partial charge in [-0.1, -0.05) is 26.2 Å². The predicted octanol–water partition coefficient (Wildman–Crippen LogP) is 6.05. The maximum absolute atomic E-state index is 12.5. The van der Waals surface area contributed by atoms with Crippen LogP contribution in [0.1, 0.15) is 54.4 Å². The summed E-state index contributed by atoms with van der Waals surface area (Å²) in [5.41, 5.74) is 3.97. The monoisotopic (exact) mass is 418 g/mol. The highest BCUT2D eigenvalue weighted by atomic mass is 16.5. The Bertz CT molecular complexity index is 965. The quantitative estimate of drug-likeness (QED) is 0.392. The SMILES string of the molecule is CCCCCCOc1ccc(C(=O)Nc2ccc(Nc3nc(C)cc(C)n3)cc2)cc1. The van der Waals surface area contributed by atoms with Gasteiger partial charge in [0.05, 0.1) is 6.61 Å². The topological polar surface area (TPSA) is 76.1 Å². The summed E-state index contributed by atoms with van der Waals surface area (Å²) in [5, 5.41) is 6.10. The fourth-order valence-electron chi connectivity index (χ4n) is 3.17. The van der Waals surface area contributed by atoms with Gasteiger partial charge in [0.15, 0.2) is 0 Å². The number of ether oxygens (including phenoxy) is 1. The van der Waals surface area contributed by atoms with Gasteiger partial charge in [0.1, 0.15) is 5.75 Å². The number of unbranched alkanes of at least 4 members (excludes halogenated alkanes) is 3. The van der Waals surface area contributed by atoms with Crippen molar-refractivity contribution in [2.75, 3.05) is 17.2 Å². The molecule has 1 heterocycles. The van der Waals surface area contributed by atoms with Crippen molar-refractivity contribution >= 4 is 23.2 Å². The maximum atomic E-state index is 12.5. The van der Waals surface area contributed by atoms with E-state index in [9.17, 15) is 4.79 Å². The third kappa shape index (κ3) is 7.10. The molecule has 2 N–H and O–H groups in total. The summed E-state index contributed by atoms with van der Waals surface area (Å²) >= 11 is 0. The Kier molecular flexibility index (Phi) is 7.98. The lowest BCUT2D eigenvalue weighted by molar-refractivity contribution is 0.102. The van der Waals surface area contributed by atoms with E-state index in [1.165, 1.54) is 19.3 Å². The standard InChI is InChI=1S/C25H30N4O2/c1-4-5-6-7-16-31-23-14-8-20(9-15-23)24(30)28-21-10-12-22(13-11-21)29-25-26-18(2)17-19(3)27-25/h8-15,17H,4-7,16H2,1-3H3,(H,28,30)(H,26,27,29). The van der Waals surface area contributed by atoms with Crippen molar-refractivity contribution in [2.45, 2.75) is 46.5 Å². The molecule has 2 aromatic carbocycles. The number of carbonyl (C=O) groups is 1. The second kappa shape index (κ2) is 11.1. The van der Waals surface area contributed by atoms with Crippen LogP contribution in [0.5, 0.6) is 5.75 Å². The molecule has 0 unspecified atom stereocenters. The number of amides is 1. The average molecular weight is 419 g/mol. The van der Waals surface area contributed by atoms with Gasteiger partial charge in [0, 0.05) is 28.3 Å². The van der Waals surface area contributed by atoms with Crippen molar-refractivity contribution in [3.8, 4) is 5.75 Å². The number of aryl methyl sites for hydroxylation is 2. The lowest BCUT2D eigenvalue weighted by Gasteiger charge is -2.10. The molecule has 0 aliphatic rings. The van der Waals surface area contributed by atoms with Crippen LogP contribution in [0.3, 0.4) is 0 Å². The van der Waals surface area contributed by atoms with E-state index in [2.05, 4.69) is 27.5 Å². The van der Waals surface area contributed by atoms with Gasteiger partial charge >= 0.3 is 0 Å². The molecule has 1 amide bonds. The van der Waals surface area contributed by atoms with Crippen LogP contribution >= 0.6 is 0 Å². The van der Waals surface area contributed by atoms with E-state index in [1.807, 2.05) is 56.3 Å². The van der Waals surface area contributed by atoms with Crippen LogP contribution in [0.4, 0.5) is 17.3 Å². The Morgan fingerprint density at radius 2 is 1.52 bits per heavy atom. The number of rotatable bonds is 10. The minimum absolute atomic E-state index is 0.159. The van der Waals surface area contributed by atoms with Crippen LogP contribution in [0.2, 0.25) is 0 Å². The second-order valence-corrected chi connectivity index (χ2v) is 7.56. The van der Waals surface area contributed by atoms with Crippen LogP contribution in [0, 0.1) is 13.8 Å². The van der Waals surface area contributed by atoms with Gasteiger partial charge in [0.2, 0.25) is 5.95 Å². The number of aromatic nitrogens is 2. The highest BCUT2D eigenvalue weighted by Crippen LogP contribution is 2.19. The van der Waals surface area contributed by atoms with Crippen LogP contribution in [0.25, 0.3) is 0 Å². The van der Waals surface area contributed by atoms with Crippen molar-refractivity contribution in [2.24, 2.45) is 0 Å². The van der Waals surface area contributed by atoms with Crippen molar-refractivity contribution in [3.05, 3.63) is 71.5 Å². The normalized spacial score (nSPS) is 10.5. The first-order chi connectivity index (χ1) is 15.0. The Labute approximate surface area is 184 Å². The molecular formula is C25H30N4O2. The number of anilines is 3. The Morgan fingerprint density at radius 1 is 0.871 bits per heavy atom. The molecule has 0 aliphatic carbocycles. The largest absolute Gasteiger partial charge is 0.494 e. The van der Waals surface area contributed by atoms with Gasteiger partial charge in [-0.15, -0.1) is 0 Å². The molecule has 6 nitrogen and oxygen atoms in total. The lowest BCUT2D eigenvalue weighted by Crippen LogP contribution is -2.11. The lowest BCUT2D eigenvalue weighted by atomic mass is 10.2. The summed E-state index contributed by atoms with van der Waals surface area (Å²) in [6.07, 6.45) is 4.68. The number of nitrogens with zero attached hydrogens (tertiary/aromatic N) is 2. The summed E-state index contributed by atoms with van der Waals surface area (Å²) in [5.74, 6) is 1.19. The summed E-state index contributed by atoms with van der Waals surface area (Å²) in [4.78, 5) is 21.3. The third-order valence-corrected chi connectivity index (χ3v) is 4.76. The number of hydrogen-bond acceptors (Lipinski definition) is 5.